The molecule has 0 spiro atoms. The van der Waals surface area contributed by atoms with E-state index in [-0.39, 0.29) is 5.56 Å². The Kier molecular flexibility index (Phi) is 5.18. The number of carbonyl (C=O) groups is 1. The van der Waals surface area contributed by atoms with Gasteiger partial charge in [-0.25, -0.2) is 4.39 Å². The Morgan fingerprint density at radius 2 is 1.79 bits per heavy atom. The zero-order valence-corrected chi connectivity index (χ0v) is 12.5. The molecule has 0 aliphatic heterocycles. The van der Waals surface area contributed by atoms with Crippen LogP contribution in [-0.4, -0.2) is 22.0 Å². The van der Waals surface area contributed by atoms with Crippen LogP contribution in [-0.2, 0) is 6.18 Å². The summed E-state index contributed by atoms with van der Waals surface area (Å²) >= 11 is 0. The average molecular weight is 342 g/mol. The number of benzene rings is 1. The van der Waals surface area contributed by atoms with Gasteiger partial charge in [0, 0.05) is 6.20 Å². The second-order valence-corrected chi connectivity index (χ2v) is 5.19. The molecule has 2 atom stereocenters. The third-order valence-corrected chi connectivity index (χ3v) is 3.36. The Bertz CT molecular complexity index is 700. The van der Waals surface area contributed by atoms with Crippen LogP contribution in [0.1, 0.15) is 34.6 Å². The SMILES string of the molecule is CC(NC(=O)c1ccc(C(F)(F)F)nc1)C(O)c1ccc(F)cc1. The average Bonchev–Trinajstić information content (AvgIpc) is 2.54. The van der Waals surface area contributed by atoms with Crippen molar-refractivity contribution in [3.8, 4) is 0 Å². The van der Waals surface area contributed by atoms with Crippen LogP contribution in [0.15, 0.2) is 42.6 Å². The van der Waals surface area contributed by atoms with Gasteiger partial charge < -0.3 is 10.4 Å². The molecular formula is C16H14F4N2O2. The number of carbonyl (C=O) groups excluding carboxylic acids is 1. The monoisotopic (exact) mass is 342 g/mol. The van der Waals surface area contributed by atoms with Crippen molar-refractivity contribution in [2.24, 2.45) is 0 Å². The van der Waals surface area contributed by atoms with Gasteiger partial charge in [0.25, 0.3) is 5.91 Å². The maximum absolute atomic E-state index is 12.9. The van der Waals surface area contributed by atoms with Gasteiger partial charge in [0.05, 0.1) is 17.7 Å². The van der Waals surface area contributed by atoms with E-state index >= 15 is 0 Å². The zero-order chi connectivity index (χ0) is 17.9. The highest BCUT2D eigenvalue weighted by Crippen LogP contribution is 2.27. The van der Waals surface area contributed by atoms with E-state index in [9.17, 15) is 27.5 Å². The fraction of sp³-hybridized carbons (Fsp3) is 0.250. The van der Waals surface area contributed by atoms with Crippen LogP contribution in [0.3, 0.4) is 0 Å². The molecule has 8 heteroatoms. The van der Waals surface area contributed by atoms with Crippen molar-refractivity contribution in [3.63, 3.8) is 0 Å². The molecule has 128 valence electrons. The molecule has 1 heterocycles. The van der Waals surface area contributed by atoms with Crippen molar-refractivity contribution >= 4 is 5.91 Å². The van der Waals surface area contributed by atoms with E-state index in [2.05, 4.69) is 10.3 Å². The molecule has 24 heavy (non-hydrogen) atoms. The van der Waals surface area contributed by atoms with Crippen LogP contribution in [0.5, 0.6) is 0 Å². The summed E-state index contributed by atoms with van der Waals surface area (Å²) in [4.78, 5) is 15.2. The molecule has 0 aliphatic carbocycles. The molecular weight excluding hydrogens is 328 g/mol. The highest BCUT2D eigenvalue weighted by molar-refractivity contribution is 5.94. The number of hydrogen-bond donors (Lipinski definition) is 2. The molecule has 4 nitrogen and oxygen atoms in total. The van der Waals surface area contributed by atoms with Crippen LogP contribution in [0.25, 0.3) is 0 Å². The number of hydrogen-bond acceptors (Lipinski definition) is 3. The van der Waals surface area contributed by atoms with Crippen molar-refractivity contribution in [2.45, 2.75) is 25.2 Å². The topological polar surface area (TPSA) is 62.2 Å². The first-order valence-electron chi connectivity index (χ1n) is 6.96. The molecule has 0 radical (unpaired) electrons. The molecule has 1 aromatic heterocycles. The fourth-order valence-electron chi connectivity index (χ4n) is 2.01. The lowest BCUT2D eigenvalue weighted by atomic mass is 10.0. The third-order valence-electron chi connectivity index (χ3n) is 3.36. The summed E-state index contributed by atoms with van der Waals surface area (Å²) in [6.45, 7) is 1.52. The quantitative estimate of drug-likeness (QED) is 0.840. The predicted octanol–water partition coefficient (Wildman–Crippen LogP) is 3.09. The molecule has 0 saturated heterocycles. The second-order valence-electron chi connectivity index (χ2n) is 5.19. The lowest BCUT2D eigenvalue weighted by molar-refractivity contribution is -0.141. The maximum Gasteiger partial charge on any atom is 0.433 e. The minimum absolute atomic E-state index is 0.0684. The Morgan fingerprint density at radius 3 is 2.29 bits per heavy atom. The normalized spacial score (nSPS) is 14.1. The molecule has 0 saturated carbocycles. The van der Waals surface area contributed by atoms with Crippen LogP contribution < -0.4 is 5.32 Å². The second kappa shape index (κ2) is 6.96. The first-order chi connectivity index (χ1) is 11.2. The fourth-order valence-corrected chi connectivity index (χ4v) is 2.01. The number of halogens is 4. The van der Waals surface area contributed by atoms with E-state index in [1.165, 1.54) is 31.2 Å². The molecule has 2 rings (SSSR count). The number of aliphatic hydroxyl groups excluding tert-OH is 1. The summed E-state index contributed by atoms with van der Waals surface area (Å²) in [5.41, 5.74) is -0.769. The number of pyridine rings is 1. The van der Waals surface area contributed by atoms with Gasteiger partial charge in [0.1, 0.15) is 11.5 Å². The van der Waals surface area contributed by atoms with E-state index in [1.807, 2.05) is 0 Å². The standard InChI is InChI=1S/C16H14F4N2O2/c1-9(14(23)10-2-5-12(17)6-3-10)22-15(24)11-4-7-13(21-8-11)16(18,19)20/h2-9,14,23H,1H3,(H,22,24). The summed E-state index contributed by atoms with van der Waals surface area (Å²) in [5, 5.41) is 12.6. The zero-order valence-electron chi connectivity index (χ0n) is 12.5. The molecule has 2 aromatic rings. The Balaban J connectivity index is 2.04. The van der Waals surface area contributed by atoms with Gasteiger partial charge in [0.2, 0.25) is 0 Å². The smallest absolute Gasteiger partial charge is 0.386 e. The maximum atomic E-state index is 12.9. The molecule has 0 bridgehead atoms. The third kappa shape index (κ3) is 4.29. The largest absolute Gasteiger partial charge is 0.433 e. The van der Waals surface area contributed by atoms with Crippen LogP contribution in [0, 0.1) is 5.82 Å². The van der Waals surface area contributed by atoms with E-state index in [0.29, 0.717) is 11.6 Å². The summed E-state index contributed by atoms with van der Waals surface area (Å²) in [6, 6.07) is 6.06. The van der Waals surface area contributed by atoms with Gasteiger partial charge in [-0.05, 0) is 36.8 Å². The van der Waals surface area contributed by atoms with Crippen molar-refractivity contribution in [1.29, 1.82) is 0 Å². The van der Waals surface area contributed by atoms with Gasteiger partial charge in [-0.2, -0.15) is 13.2 Å². The van der Waals surface area contributed by atoms with Gasteiger partial charge in [-0.15, -0.1) is 0 Å². The molecule has 0 aliphatic rings. The minimum atomic E-state index is -4.58. The molecule has 1 aromatic carbocycles. The van der Waals surface area contributed by atoms with E-state index in [0.717, 1.165) is 12.3 Å². The Hall–Kier alpha value is -2.48. The number of aliphatic hydroxyl groups is 1. The van der Waals surface area contributed by atoms with Crippen LogP contribution in [0.2, 0.25) is 0 Å². The van der Waals surface area contributed by atoms with Crippen LogP contribution in [0.4, 0.5) is 17.6 Å². The number of alkyl halides is 3. The van der Waals surface area contributed by atoms with Crippen molar-refractivity contribution in [3.05, 3.63) is 65.2 Å². The summed E-state index contributed by atoms with van der Waals surface area (Å²) in [7, 11) is 0. The number of nitrogens with zero attached hydrogens (tertiary/aromatic N) is 1. The highest BCUT2D eigenvalue weighted by atomic mass is 19.4. The number of nitrogens with one attached hydrogen (secondary N) is 1. The van der Waals surface area contributed by atoms with Crippen LogP contribution >= 0.6 is 0 Å². The number of rotatable bonds is 4. The predicted molar refractivity (Wildman–Crippen MR) is 77.5 cm³/mol. The Morgan fingerprint density at radius 1 is 1.17 bits per heavy atom. The lowest BCUT2D eigenvalue weighted by Crippen LogP contribution is -2.37. The van der Waals surface area contributed by atoms with Gasteiger partial charge in [0.15, 0.2) is 0 Å². The highest BCUT2D eigenvalue weighted by Gasteiger charge is 2.32. The van der Waals surface area contributed by atoms with E-state index in [4.69, 9.17) is 0 Å². The summed E-state index contributed by atoms with van der Waals surface area (Å²) in [5.74, 6) is -1.14. The Labute approximate surface area is 135 Å². The van der Waals surface area contributed by atoms with Gasteiger partial charge in [-0.1, -0.05) is 12.1 Å². The van der Waals surface area contributed by atoms with Crippen molar-refractivity contribution < 1.29 is 27.5 Å². The lowest BCUT2D eigenvalue weighted by Gasteiger charge is -2.20. The minimum Gasteiger partial charge on any atom is -0.386 e. The molecule has 2 N–H and O–H groups in total. The van der Waals surface area contributed by atoms with E-state index in [1.54, 1.807) is 0 Å². The van der Waals surface area contributed by atoms with Crippen molar-refractivity contribution in [1.82, 2.24) is 10.3 Å². The molecule has 2 unspecified atom stereocenters. The summed E-state index contributed by atoms with van der Waals surface area (Å²) < 4.78 is 50.2. The number of amides is 1. The summed E-state index contributed by atoms with van der Waals surface area (Å²) in [6.07, 6.45) is -4.87. The first-order valence-corrected chi connectivity index (χ1v) is 6.96. The van der Waals surface area contributed by atoms with Gasteiger partial charge in [-0.3, -0.25) is 9.78 Å². The van der Waals surface area contributed by atoms with Crippen molar-refractivity contribution in [2.75, 3.05) is 0 Å². The van der Waals surface area contributed by atoms with Gasteiger partial charge >= 0.3 is 6.18 Å². The van der Waals surface area contributed by atoms with E-state index < -0.39 is 35.7 Å². The molecule has 1 amide bonds. The number of aromatic nitrogens is 1. The molecule has 0 fully saturated rings. The first kappa shape index (κ1) is 17.9.